The second-order valence-electron chi connectivity index (χ2n) is 7.10. The number of ether oxygens (including phenoxy) is 1. The molecule has 1 aliphatic carbocycles. The summed E-state index contributed by atoms with van der Waals surface area (Å²) in [4.78, 5) is 29.8. The molecule has 0 radical (unpaired) electrons. The Kier molecular flexibility index (Phi) is 5.30. The monoisotopic (exact) mass is 387 g/mol. The Balaban J connectivity index is 1.47. The van der Waals surface area contributed by atoms with Crippen LogP contribution in [0.3, 0.4) is 0 Å². The van der Waals surface area contributed by atoms with E-state index in [0.29, 0.717) is 11.3 Å². The number of aryl methyl sites for hydroxylation is 2. The summed E-state index contributed by atoms with van der Waals surface area (Å²) >= 11 is 0. The van der Waals surface area contributed by atoms with Crippen LogP contribution in [0.5, 0.6) is 0 Å². The van der Waals surface area contributed by atoms with Crippen molar-refractivity contribution in [2.45, 2.75) is 25.7 Å². The minimum atomic E-state index is -0.545. The Bertz CT molecular complexity index is 1100. The zero-order valence-electron chi connectivity index (χ0n) is 16.0. The molecule has 146 valence electrons. The van der Waals surface area contributed by atoms with Crippen molar-refractivity contribution in [2.75, 3.05) is 18.1 Å². The summed E-state index contributed by atoms with van der Waals surface area (Å²) in [5, 5.41) is 10.1. The molecular formula is C23H21N3O3. The van der Waals surface area contributed by atoms with Gasteiger partial charge >= 0.3 is 5.97 Å². The molecule has 0 saturated carbocycles. The van der Waals surface area contributed by atoms with E-state index in [4.69, 9.17) is 10.00 Å². The number of hydrogen-bond donors (Lipinski definition) is 1. The fourth-order valence-electron chi connectivity index (χ4n) is 3.82. The molecule has 0 saturated heterocycles. The molecule has 2 aromatic carbocycles. The molecule has 1 amide bonds. The number of fused-ring (bicyclic) bond motifs is 3. The van der Waals surface area contributed by atoms with E-state index in [2.05, 4.69) is 4.98 Å². The number of esters is 1. The van der Waals surface area contributed by atoms with Crippen LogP contribution in [0.2, 0.25) is 0 Å². The van der Waals surface area contributed by atoms with Crippen LogP contribution in [0.4, 0.5) is 5.69 Å². The number of nitrogens with one attached hydrogen (secondary N) is 1. The first-order valence-corrected chi connectivity index (χ1v) is 9.70. The number of rotatable bonds is 5. The number of hydrogen-bond acceptors (Lipinski definition) is 4. The molecule has 0 fully saturated rings. The average Bonchev–Trinajstić information content (AvgIpc) is 3.14. The second kappa shape index (κ2) is 8.19. The third-order valence-electron chi connectivity index (χ3n) is 5.26. The van der Waals surface area contributed by atoms with Crippen molar-refractivity contribution >= 4 is 28.5 Å². The molecular weight excluding hydrogens is 366 g/mol. The molecule has 0 atom stereocenters. The molecule has 6 nitrogen and oxygen atoms in total. The molecule has 1 N–H and O–H groups in total. The number of para-hydroxylation sites is 1. The standard InChI is InChI=1S/C23H21N3O3/c24-12-13-26(17-6-2-1-3-7-17)22(27)15-29-23(28)16-10-11-21-19(14-16)18-8-4-5-9-20(18)25-21/h1-3,6-7,10-11,14,25H,4-5,8-9,13,15H2. The highest BCUT2D eigenvalue weighted by Crippen LogP contribution is 2.29. The number of nitriles is 1. The lowest BCUT2D eigenvalue weighted by Gasteiger charge is -2.19. The van der Waals surface area contributed by atoms with Crippen LogP contribution in [0.1, 0.15) is 34.5 Å². The number of anilines is 1. The van der Waals surface area contributed by atoms with Crippen LogP contribution < -0.4 is 4.90 Å². The van der Waals surface area contributed by atoms with Gasteiger partial charge in [-0.25, -0.2) is 4.79 Å². The van der Waals surface area contributed by atoms with Gasteiger partial charge in [0.05, 0.1) is 11.6 Å². The fraction of sp³-hybridized carbons (Fsp3) is 0.261. The van der Waals surface area contributed by atoms with Gasteiger partial charge in [-0.2, -0.15) is 5.26 Å². The van der Waals surface area contributed by atoms with Crippen LogP contribution >= 0.6 is 0 Å². The van der Waals surface area contributed by atoms with Crippen molar-refractivity contribution in [3.63, 3.8) is 0 Å². The molecule has 3 aromatic rings. The summed E-state index contributed by atoms with van der Waals surface area (Å²) < 4.78 is 5.26. The molecule has 0 bridgehead atoms. The van der Waals surface area contributed by atoms with Crippen molar-refractivity contribution in [1.29, 1.82) is 5.26 Å². The second-order valence-corrected chi connectivity index (χ2v) is 7.10. The zero-order chi connectivity index (χ0) is 20.2. The lowest BCUT2D eigenvalue weighted by atomic mass is 9.95. The lowest BCUT2D eigenvalue weighted by molar-refractivity contribution is -0.121. The highest BCUT2D eigenvalue weighted by molar-refractivity contribution is 5.99. The summed E-state index contributed by atoms with van der Waals surface area (Å²) in [6.07, 6.45) is 4.37. The quantitative estimate of drug-likeness (QED) is 0.533. The van der Waals surface area contributed by atoms with E-state index < -0.39 is 18.5 Å². The Hall–Kier alpha value is -3.59. The van der Waals surface area contributed by atoms with Gasteiger partial charge in [0.2, 0.25) is 0 Å². The number of amides is 1. The van der Waals surface area contributed by atoms with Gasteiger partial charge in [-0.1, -0.05) is 18.2 Å². The van der Waals surface area contributed by atoms with Gasteiger partial charge in [0.1, 0.15) is 6.54 Å². The number of aromatic amines is 1. The van der Waals surface area contributed by atoms with Gasteiger partial charge in [-0.05, 0) is 61.6 Å². The molecule has 1 heterocycles. The maximum Gasteiger partial charge on any atom is 0.338 e. The van der Waals surface area contributed by atoms with Gasteiger partial charge in [0, 0.05) is 22.3 Å². The predicted octanol–water partition coefficient (Wildman–Crippen LogP) is 3.76. The lowest BCUT2D eigenvalue weighted by Crippen LogP contribution is -2.35. The Morgan fingerprint density at radius 1 is 1.10 bits per heavy atom. The summed E-state index contributed by atoms with van der Waals surface area (Å²) in [6.45, 7) is -0.527. The number of carbonyl (C=O) groups is 2. The van der Waals surface area contributed by atoms with Crippen LogP contribution in [0, 0.1) is 11.3 Å². The Morgan fingerprint density at radius 3 is 2.69 bits per heavy atom. The largest absolute Gasteiger partial charge is 0.452 e. The first-order chi connectivity index (χ1) is 14.2. The normalized spacial score (nSPS) is 12.8. The van der Waals surface area contributed by atoms with E-state index in [9.17, 15) is 9.59 Å². The van der Waals surface area contributed by atoms with Crippen LogP contribution in [0.15, 0.2) is 48.5 Å². The van der Waals surface area contributed by atoms with Crippen molar-refractivity contribution in [3.8, 4) is 6.07 Å². The minimum absolute atomic E-state index is 0.109. The molecule has 1 aliphatic rings. The predicted molar refractivity (Wildman–Crippen MR) is 110 cm³/mol. The smallest absolute Gasteiger partial charge is 0.338 e. The molecule has 4 rings (SSSR count). The van der Waals surface area contributed by atoms with Crippen LogP contribution in [-0.4, -0.2) is 30.0 Å². The first-order valence-electron chi connectivity index (χ1n) is 9.70. The van der Waals surface area contributed by atoms with E-state index >= 15 is 0 Å². The number of carbonyl (C=O) groups excluding carboxylic acids is 2. The first kappa shape index (κ1) is 18.8. The van der Waals surface area contributed by atoms with Gasteiger partial charge in [0.15, 0.2) is 6.61 Å². The maximum atomic E-state index is 12.5. The van der Waals surface area contributed by atoms with E-state index in [1.807, 2.05) is 24.3 Å². The van der Waals surface area contributed by atoms with Gasteiger partial charge in [-0.3, -0.25) is 9.69 Å². The highest BCUT2D eigenvalue weighted by atomic mass is 16.5. The van der Waals surface area contributed by atoms with Crippen molar-refractivity contribution in [3.05, 3.63) is 65.4 Å². The third-order valence-corrected chi connectivity index (χ3v) is 5.26. The van der Waals surface area contributed by atoms with Gasteiger partial charge < -0.3 is 9.72 Å². The van der Waals surface area contributed by atoms with Crippen molar-refractivity contribution in [1.82, 2.24) is 4.98 Å². The van der Waals surface area contributed by atoms with E-state index in [1.165, 1.54) is 22.6 Å². The zero-order valence-corrected chi connectivity index (χ0v) is 16.0. The van der Waals surface area contributed by atoms with Crippen LogP contribution in [-0.2, 0) is 22.4 Å². The van der Waals surface area contributed by atoms with E-state index in [0.717, 1.165) is 30.2 Å². The minimum Gasteiger partial charge on any atom is -0.452 e. The summed E-state index contributed by atoms with van der Waals surface area (Å²) in [5.74, 6) is -0.984. The SMILES string of the molecule is N#CCN(C(=O)COC(=O)c1ccc2[nH]c3c(c2c1)CCCC3)c1ccccc1. The maximum absolute atomic E-state index is 12.5. The summed E-state index contributed by atoms with van der Waals surface area (Å²) in [5.41, 5.74) is 4.57. The molecule has 1 aromatic heterocycles. The number of benzene rings is 2. The van der Waals surface area contributed by atoms with Crippen molar-refractivity contribution < 1.29 is 14.3 Å². The molecule has 0 aliphatic heterocycles. The molecule has 0 unspecified atom stereocenters. The van der Waals surface area contributed by atoms with Crippen molar-refractivity contribution in [2.24, 2.45) is 0 Å². The third kappa shape index (κ3) is 3.85. The summed E-state index contributed by atoms with van der Waals surface area (Å²) in [6, 6.07) is 16.3. The van der Waals surface area contributed by atoms with Gasteiger partial charge in [0.25, 0.3) is 5.91 Å². The fourth-order valence-corrected chi connectivity index (χ4v) is 3.82. The van der Waals surface area contributed by atoms with Crippen LogP contribution in [0.25, 0.3) is 10.9 Å². The number of nitrogens with zero attached hydrogens (tertiary/aromatic N) is 2. The average molecular weight is 387 g/mol. The van der Waals surface area contributed by atoms with E-state index in [-0.39, 0.29) is 6.54 Å². The number of aromatic nitrogens is 1. The molecule has 0 spiro atoms. The van der Waals surface area contributed by atoms with E-state index in [1.54, 1.807) is 30.3 Å². The molecule has 29 heavy (non-hydrogen) atoms. The Labute approximate surface area is 168 Å². The highest BCUT2D eigenvalue weighted by Gasteiger charge is 2.20. The topological polar surface area (TPSA) is 86.2 Å². The molecule has 6 heteroatoms. The number of H-pyrrole nitrogens is 1. The Morgan fingerprint density at radius 2 is 1.90 bits per heavy atom. The summed E-state index contributed by atoms with van der Waals surface area (Å²) in [7, 11) is 0. The van der Waals surface area contributed by atoms with Gasteiger partial charge in [-0.15, -0.1) is 0 Å².